The number of carbonyl (C=O) groups is 2. The number of amides is 1. The fraction of sp³-hybridized carbons (Fsp3) is 0.500. The lowest BCUT2D eigenvalue weighted by Gasteiger charge is -2.19. The molecule has 0 spiro atoms. The van der Waals surface area contributed by atoms with E-state index in [4.69, 9.17) is 14.6 Å². The van der Waals surface area contributed by atoms with Crippen LogP contribution < -0.4 is 14.8 Å². The van der Waals surface area contributed by atoms with Crippen LogP contribution in [0.5, 0.6) is 11.5 Å². The fourth-order valence-corrected chi connectivity index (χ4v) is 2.49. The van der Waals surface area contributed by atoms with Crippen molar-refractivity contribution in [3.05, 3.63) is 22.2 Å². The molecule has 0 aliphatic carbocycles. The molecule has 0 radical (unpaired) electrons. The molecule has 7 heteroatoms. The minimum Gasteiger partial charge on any atom is -0.493 e. The highest BCUT2D eigenvalue weighted by Crippen LogP contribution is 2.36. The number of halogens is 1. The maximum atomic E-state index is 12.3. The number of nitrogens with one attached hydrogen (secondary N) is 1. The van der Waals surface area contributed by atoms with Crippen molar-refractivity contribution in [3.8, 4) is 11.5 Å². The zero-order valence-electron chi connectivity index (χ0n) is 13.7. The van der Waals surface area contributed by atoms with E-state index >= 15 is 0 Å². The van der Waals surface area contributed by atoms with E-state index in [9.17, 15) is 9.59 Å². The Morgan fingerprint density at radius 1 is 1.35 bits per heavy atom. The van der Waals surface area contributed by atoms with Crippen LogP contribution in [0.25, 0.3) is 0 Å². The molecule has 1 rings (SSSR count). The van der Waals surface area contributed by atoms with Crippen molar-refractivity contribution in [2.75, 3.05) is 13.7 Å². The van der Waals surface area contributed by atoms with Gasteiger partial charge in [0.25, 0.3) is 5.91 Å². The summed E-state index contributed by atoms with van der Waals surface area (Å²) in [6.45, 7) is 5.98. The van der Waals surface area contributed by atoms with Crippen LogP contribution in [0.1, 0.15) is 37.6 Å². The first-order valence-corrected chi connectivity index (χ1v) is 8.15. The van der Waals surface area contributed by atoms with Crippen LogP contribution in [0.4, 0.5) is 0 Å². The number of ether oxygens (including phenoxy) is 2. The lowest BCUT2D eigenvalue weighted by atomic mass is 10.0. The SMILES string of the molecule is CCCOc1c(Br)cc(C(=O)N[C@@H](C(=O)O)C(C)C)cc1OC. The van der Waals surface area contributed by atoms with Gasteiger partial charge in [-0.1, -0.05) is 20.8 Å². The second-order valence-corrected chi connectivity index (χ2v) is 6.23. The summed E-state index contributed by atoms with van der Waals surface area (Å²) in [5.41, 5.74) is 0.296. The highest BCUT2D eigenvalue weighted by atomic mass is 79.9. The molecule has 0 fully saturated rings. The van der Waals surface area contributed by atoms with Crippen molar-refractivity contribution < 1.29 is 24.2 Å². The van der Waals surface area contributed by atoms with Gasteiger partial charge >= 0.3 is 5.97 Å². The summed E-state index contributed by atoms with van der Waals surface area (Å²) in [7, 11) is 1.48. The number of hydrogen-bond donors (Lipinski definition) is 2. The van der Waals surface area contributed by atoms with Gasteiger partial charge in [-0.3, -0.25) is 4.79 Å². The van der Waals surface area contributed by atoms with Crippen molar-refractivity contribution in [2.24, 2.45) is 5.92 Å². The first-order valence-electron chi connectivity index (χ1n) is 7.35. The van der Waals surface area contributed by atoms with Gasteiger partial charge < -0.3 is 19.9 Å². The van der Waals surface area contributed by atoms with Gasteiger partial charge in [0.15, 0.2) is 11.5 Å². The molecule has 1 aromatic carbocycles. The topological polar surface area (TPSA) is 84.9 Å². The third-order valence-corrected chi connectivity index (χ3v) is 3.75. The average Bonchev–Trinajstić information content (AvgIpc) is 2.49. The summed E-state index contributed by atoms with van der Waals surface area (Å²) >= 11 is 3.36. The highest BCUT2D eigenvalue weighted by molar-refractivity contribution is 9.10. The van der Waals surface area contributed by atoms with Crippen molar-refractivity contribution >= 4 is 27.8 Å². The summed E-state index contributed by atoms with van der Waals surface area (Å²) in [5.74, 6) is -0.845. The predicted molar refractivity (Wildman–Crippen MR) is 90.2 cm³/mol. The molecule has 128 valence electrons. The normalized spacial score (nSPS) is 11.9. The minimum absolute atomic E-state index is 0.228. The maximum Gasteiger partial charge on any atom is 0.326 e. The Kier molecular flexibility index (Phi) is 7.35. The predicted octanol–water partition coefficient (Wildman–Crippen LogP) is 3.09. The molecule has 0 saturated heterocycles. The number of carboxylic acids is 1. The van der Waals surface area contributed by atoms with Crippen molar-refractivity contribution in [1.82, 2.24) is 5.32 Å². The lowest BCUT2D eigenvalue weighted by Crippen LogP contribution is -2.44. The molecule has 0 bridgehead atoms. The van der Waals surface area contributed by atoms with Crippen LogP contribution in [0.2, 0.25) is 0 Å². The Hall–Kier alpha value is -1.76. The van der Waals surface area contributed by atoms with Gasteiger partial charge in [-0.2, -0.15) is 0 Å². The molecular weight excluding hydrogens is 366 g/mol. The third kappa shape index (κ3) is 5.13. The monoisotopic (exact) mass is 387 g/mol. The highest BCUT2D eigenvalue weighted by Gasteiger charge is 2.25. The van der Waals surface area contributed by atoms with Crippen LogP contribution in [-0.4, -0.2) is 36.7 Å². The molecular formula is C16H22BrNO5. The Bertz CT molecular complexity index is 574. The number of methoxy groups -OCH3 is 1. The molecule has 1 amide bonds. The molecule has 2 N–H and O–H groups in total. The Morgan fingerprint density at radius 3 is 2.48 bits per heavy atom. The molecule has 6 nitrogen and oxygen atoms in total. The van der Waals surface area contributed by atoms with Gasteiger partial charge in [0.1, 0.15) is 6.04 Å². The molecule has 0 unspecified atom stereocenters. The quantitative estimate of drug-likeness (QED) is 0.715. The number of aliphatic carboxylic acids is 1. The molecule has 0 heterocycles. The largest absolute Gasteiger partial charge is 0.493 e. The number of hydrogen-bond acceptors (Lipinski definition) is 4. The van der Waals surface area contributed by atoms with E-state index in [1.807, 2.05) is 6.92 Å². The summed E-state index contributed by atoms with van der Waals surface area (Å²) < 4.78 is 11.4. The van der Waals surface area contributed by atoms with Crippen molar-refractivity contribution in [3.63, 3.8) is 0 Å². The Morgan fingerprint density at radius 2 is 2.00 bits per heavy atom. The van der Waals surface area contributed by atoms with Crippen molar-refractivity contribution in [2.45, 2.75) is 33.2 Å². The van der Waals surface area contributed by atoms with Crippen LogP contribution in [0.15, 0.2) is 16.6 Å². The zero-order valence-corrected chi connectivity index (χ0v) is 15.3. The van der Waals surface area contributed by atoms with Gasteiger partial charge in [0.05, 0.1) is 18.2 Å². The van der Waals surface area contributed by atoms with E-state index in [0.717, 1.165) is 6.42 Å². The summed E-state index contributed by atoms with van der Waals surface area (Å²) in [6, 6.07) is 2.16. The van der Waals surface area contributed by atoms with Gasteiger partial charge in [0, 0.05) is 5.56 Å². The molecule has 0 saturated carbocycles. The van der Waals surface area contributed by atoms with E-state index in [2.05, 4.69) is 21.2 Å². The number of benzene rings is 1. The standard InChI is InChI=1S/C16H22BrNO5/c1-5-6-23-14-11(17)7-10(8-12(14)22-4)15(19)18-13(9(2)3)16(20)21/h7-9,13H,5-6H2,1-4H3,(H,18,19)(H,20,21)/t13-/m1/s1. The van der Waals surface area contributed by atoms with Crippen LogP contribution >= 0.6 is 15.9 Å². The minimum atomic E-state index is -1.07. The van der Waals surface area contributed by atoms with E-state index in [1.165, 1.54) is 13.2 Å². The molecule has 1 aromatic rings. The van der Waals surface area contributed by atoms with Crippen molar-refractivity contribution in [1.29, 1.82) is 0 Å². The smallest absolute Gasteiger partial charge is 0.326 e. The number of rotatable bonds is 8. The third-order valence-electron chi connectivity index (χ3n) is 3.16. The van der Waals surface area contributed by atoms with E-state index in [1.54, 1.807) is 19.9 Å². The summed E-state index contributed by atoms with van der Waals surface area (Å²) in [5, 5.41) is 11.7. The molecule has 23 heavy (non-hydrogen) atoms. The van der Waals surface area contributed by atoms with Gasteiger partial charge in [-0.25, -0.2) is 4.79 Å². The summed E-state index contributed by atoms with van der Waals surface area (Å²) in [6.07, 6.45) is 0.840. The number of carboxylic acid groups (broad SMARTS) is 1. The van der Waals surface area contributed by atoms with Crippen LogP contribution in [0, 0.1) is 5.92 Å². The van der Waals surface area contributed by atoms with Gasteiger partial charge in [-0.15, -0.1) is 0 Å². The van der Waals surface area contributed by atoms with E-state index in [-0.39, 0.29) is 5.92 Å². The molecule has 1 atom stereocenters. The average molecular weight is 388 g/mol. The van der Waals surface area contributed by atoms with E-state index < -0.39 is 17.9 Å². The van der Waals surface area contributed by atoms with E-state index in [0.29, 0.717) is 28.1 Å². The maximum absolute atomic E-state index is 12.3. The van der Waals surface area contributed by atoms with Crippen LogP contribution in [0.3, 0.4) is 0 Å². The molecule has 0 aromatic heterocycles. The van der Waals surface area contributed by atoms with Gasteiger partial charge in [0.2, 0.25) is 0 Å². The Labute approximate surface area is 144 Å². The number of carbonyl (C=O) groups excluding carboxylic acids is 1. The zero-order chi connectivity index (χ0) is 17.6. The second-order valence-electron chi connectivity index (χ2n) is 5.37. The summed E-state index contributed by atoms with van der Waals surface area (Å²) in [4.78, 5) is 23.5. The second kappa shape index (κ2) is 8.76. The molecule has 0 aliphatic heterocycles. The fourth-order valence-electron chi connectivity index (χ4n) is 1.93. The first kappa shape index (κ1) is 19.3. The first-order chi connectivity index (χ1) is 10.8. The lowest BCUT2D eigenvalue weighted by molar-refractivity contribution is -0.140. The Balaban J connectivity index is 3.06. The van der Waals surface area contributed by atoms with Crippen LogP contribution in [-0.2, 0) is 4.79 Å². The molecule has 0 aliphatic rings. The van der Waals surface area contributed by atoms with Gasteiger partial charge in [-0.05, 0) is 40.4 Å².